The predicted octanol–water partition coefficient (Wildman–Crippen LogP) is 1.94. The summed E-state index contributed by atoms with van der Waals surface area (Å²) in [5.41, 5.74) is 2.55. The van der Waals surface area contributed by atoms with Crippen LogP contribution in [0.25, 0.3) is 0 Å². The van der Waals surface area contributed by atoms with Gasteiger partial charge in [0.1, 0.15) is 0 Å². The van der Waals surface area contributed by atoms with Gasteiger partial charge in [0.2, 0.25) is 0 Å². The quantitative estimate of drug-likeness (QED) is 0.668. The standard InChI is InChI=1S/C10H14N2/c1-8-7-12(8)10-6-4-3-5-9(10)11-2/h3-6,8,11H,7H2,1-2H3/t8-,12?/m0/s1. The molecule has 0 spiro atoms. The maximum atomic E-state index is 3.20. The number of hydrogen-bond donors (Lipinski definition) is 1. The third-order valence-corrected chi connectivity index (χ3v) is 2.34. The molecule has 1 aliphatic rings. The third-order valence-electron chi connectivity index (χ3n) is 2.34. The molecule has 12 heavy (non-hydrogen) atoms. The first-order valence-corrected chi connectivity index (χ1v) is 4.36. The van der Waals surface area contributed by atoms with Gasteiger partial charge in [0.15, 0.2) is 0 Å². The van der Waals surface area contributed by atoms with Crippen molar-refractivity contribution in [3.8, 4) is 0 Å². The number of nitrogens with zero attached hydrogens (tertiary/aromatic N) is 1. The lowest BCUT2D eigenvalue weighted by atomic mass is 10.2. The largest absolute Gasteiger partial charge is 0.386 e. The summed E-state index contributed by atoms with van der Waals surface area (Å²) in [6.07, 6.45) is 0. The van der Waals surface area contributed by atoms with Crippen molar-refractivity contribution in [2.75, 3.05) is 23.8 Å². The molecule has 0 bridgehead atoms. The van der Waals surface area contributed by atoms with Gasteiger partial charge >= 0.3 is 0 Å². The summed E-state index contributed by atoms with van der Waals surface area (Å²) in [5.74, 6) is 0. The minimum atomic E-state index is 0.722. The SMILES string of the molecule is CNc1ccccc1N1C[C@@H]1C. The molecule has 1 aromatic rings. The van der Waals surface area contributed by atoms with Gasteiger partial charge < -0.3 is 10.2 Å². The van der Waals surface area contributed by atoms with Gasteiger partial charge in [-0.15, -0.1) is 0 Å². The van der Waals surface area contributed by atoms with Gasteiger partial charge in [0.25, 0.3) is 0 Å². The molecule has 1 heterocycles. The zero-order chi connectivity index (χ0) is 8.55. The van der Waals surface area contributed by atoms with E-state index in [4.69, 9.17) is 0 Å². The van der Waals surface area contributed by atoms with Crippen LogP contribution in [-0.4, -0.2) is 19.6 Å². The average molecular weight is 162 g/mol. The number of rotatable bonds is 2. The molecular weight excluding hydrogens is 148 g/mol. The first kappa shape index (κ1) is 7.47. The zero-order valence-electron chi connectivity index (χ0n) is 7.54. The van der Waals surface area contributed by atoms with Crippen LogP contribution in [0.4, 0.5) is 11.4 Å². The molecule has 1 saturated heterocycles. The summed E-state index contributed by atoms with van der Waals surface area (Å²) in [6.45, 7) is 3.44. The van der Waals surface area contributed by atoms with Crippen LogP contribution >= 0.6 is 0 Å². The Kier molecular flexibility index (Phi) is 1.68. The lowest BCUT2D eigenvalue weighted by Crippen LogP contribution is -1.99. The van der Waals surface area contributed by atoms with Crippen molar-refractivity contribution in [1.82, 2.24) is 0 Å². The highest BCUT2D eigenvalue weighted by Crippen LogP contribution is 2.33. The first-order chi connectivity index (χ1) is 5.83. The van der Waals surface area contributed by atoms with Crippen molar-refractivity contribution in [1.29, 1.82) is 0 Å². The Bertz CT molecular complexity index is 283. The molecule has 1 aliphatic heterocycles. The van der Waals surface area contributed by atoms with Crippen LogP contribution in [0, 0.1) is 0 Å². The van der Waals surface area contributed by atoms with Gasteiger partial charge in [-0.1, -0.05) is 12.1 Å². The average Bonchev–Trinajstić information content (AvgIpc) is 2.83. The summed E-state index contributed by atoms with van der Waals surface area (Å²) in [5, 5.41) is 3.20. The Hall–Kier alpha value is -1.18. The molecule has 1 fully saturated rings. The van der Waals surface area contributed by atoms with E-state index in [2.05, 4.69) is 41.4 Å². The van der Waals surface area contributed by atoms with E-state index >= 15 is 0 Å². The fraction of sp³-hybridized carbons (Fsp3) is 0.400. The number of hydrogen-bond acceptors (Lipinski definition) is 2. The van der Waals surface area contributed by atoms with Gasteiger partial charge in [0, 0.05) is 19.6 Å². The number of para-hydroxylation sites is 2. The predicted molar refractivity (Wildman–Crippen MR) is 52.8 cm³/mol. The molecule has 0 unspecified atom stereocenters. The topological polar surface area (TPSA) is 15.0 Å². The normalized spacial score (nSPS) is 20.8. The number of anilines is 2. The lowest BCUT2D eigenvalue weighted by Gasteiger charge is -2.09. The first-order valence-electron chi connectivity index (χ1n) is 4.36. The number of benzene rings is 1. The van der Waals surface area contributed by atoms with E-state index < -0.39 is 0 Å². The zero-order valence-corrected chi connectivity index (χ0v) is 7.54. The van der Waals surface area contributed by atoms with E-state index in [-0.39, 0.29) is 0 Å². The van der Waals surface area contributed by atoms with Gasteiger partial charge in [-0.25, -0.2) is 0 Å². The van der Waals surface area contributed by atoms with Gasteiger partial charge in [0.05, 0.1) is 11.4 Å². The molecule has 2 nitrogen and oxygen atoms in total. The second-order valence-electron chi connectivity index (χ2n) is 3.27. The molecular formula is C10H14N2. The van der Waals surface area contributed by atoms with Crippen LogP contribution in [0.2, 0.25) is 0 Å². The molecule has 1 atom stereocenters. The van der Waals surface area contributed by atoms with Gasteiger partial charge in [-0.2, -0.15) is 0 Å². The Balaban J connectivity index is 2.29. The van der Waals surface area contributed by atoms with Crippen molar-refractivity contribution in [2.45, 2.75) is 13.0 Å². The molecule has 0 amide bonds. The van der Waals surface area contributed by atoms with E-state index in [1.165, 1.54) is 17.9 Å². The molecule has 2 rings (SSSR count). The van der Waals surface area contributed by atoms with Crippen molar-refractivity contribution in [3.05, 3.63) is 24.3 Å². The number of nitrogens with one attached hydrogen (secondary N) is 1. The van der Waals surface area contributed by atoms with Crippen LogP contribution in [0.1, 0.15) is 6.92 Å². The summed E-state index contributed by atoms with van der Waals surface area (Å²) in [4.78, 5) is 2.38. The molecule has 0 aromatic heterocycles. The summed E-state index contributed by atoms with van der Waals surface area (Å²) < 4.78 is 0. The third kappa shape index (κ3) is 1.13. The minimum Gasteiger partial charge on any atom is -0.386 e. The highest BCUT2D eigenvalue weighted by molar-refractivity contribution is 5.72. The molecule has 64 valence electrons. The van der Waals surface area contributed by atoms with Crippen LogP contribution < -0.4 is 10.2 Å². The molecule has 0 radical (unpaired) electrons. The molecule has 1 N–H and O–H groups in total. The van der Waals surface area contributed by atoms with Crippen LogP contribution in [-0.2, 0) is 0 Å². The van der Waals surface area contributed by atoms with Crippen LogP contribution in [0.15, 0.2) is 24.3 Å². The lowest BCUT2D eigenvalue weighted by molar-refractivity contribution is 1.14. The highest BCUT2D eigenvalue weighted by atomic mass is 15.3. The van der Waals surface area contributed by atoms with E-state index in [9.17, 15) is 0 Å². The minimum absolute atomic E-state index is 0.722. The van der Waals surface area contributed by atoms with E-state index in [0.717, 1.165) is 6.04 Å². The summed E-state index contributed by atoms with van der Waals surface area (Å²) >= 11 is 0. The summed E-state index contributed by atoms with van der Waals surface area (Å²) in [7, 11) is 1.97. The fourth-order valence-electron chi connectivity index (χ4n) is 1.51. The smallest absolute Gasteiger partial charge is 0.0605 e. The molecule has 2 heteroatoms. The maximum absolute atomic E-state index is 3.20. The molecule has 0 aliphatic carbocycles. The summed E-state index contributed by atoms with van der Waals surface area (Å²) in [6, 6.07) is 9.14. The monoisotopic (exact) mass is 162 g/mol. The Labute approximate surface area is 73.2 Å². The van der Waals surface area contributed by atoms with Crippen molar-refractivity contribution < 1.29 is 0 Å². The van der Waals surface area contributed by atoms with Crippen molar-refractivity contribution >= 4 is 11.4 Å². The Morgan fingerprint density at radius 1 is 1.42 bits per heavy atom. The second-order valence-corrected chi connectivity index (χ2v) is 3.27. The van der Waals surface area contributed by atoms with E-state index in [0.29, 0.717) is 0 Å². The Morgan fingerprint density at radius 2 is 2.08 bits per heavy atom. The van der Waals surface area contributed by atoms with Gasteiger partial charge in [-0.3, -0.25) is 0 Å². The van der Waals surface area contributed by atoms with E-state index in [1.54, 1.807) is 0 Å². The highest BCUT2D eigenvalue weighted by Gasteiger charge is 2.30. The van der Waals surface area contributed by atoms with Crippen molar-refractivity contribution in [2.24, 2.45) is 0 Å². The maximum Gasteiger partial charge on any atom is 0.0605 e. The van der Waals surface area contributed by atoms with Crippen LogP contribution in [0.5, 0.6) is 0 Å². The van der Waals surface area contributed by atoms with Crippen molar-refractivity contribution in [3.63, 3.8) is 0 Å². The van der Waals surface area contributed by atoms with E-state index in [1.807, 2.05) is 7.05 Å². The Morgan fingerprint density at radius 3 is 2.67 bits per heavy atom. The molecule has 1 aromatic carbocycles. The second kappa shape index (κ2) is 2.70. The molecule has 0 saturated carbocycles. The fourth-order valence-corrected chi connectivity index (χ4v) is 1.51. The van der Waals surface area contributed by atoms with Gasteiger partial charge in [-0.05, 0) is 19.1 Å². The van der Waals surface area contributed by atoms with Crippen LogP contribution in [0.3, 0.4) is 0 Å².